The fraction of sp³-hybridized carbons (Fsp3) is 0.130. The number of carbonyl (C=O) groups is 2. The first-order valence-corrected chi connectivity index (χ1v) is 9.32. The van der Waals surface area contributed by atoms with E-state index in [2.05, 4.69) is 9.97 Å². The number of ketones is 1. The smallest absolute Gasteiger partial charge is 0.300 e. The van der Waals surface area contributed by atoms with Crippen molar-refractivity contribution in [3.63, 3.8) is 0 Å². The largest absolute Gasteiger partial charge is 0.507 e. The van der Waals surface area contributed by atoms with Gasteiger partial charge < -0.3 is 5.11 Å². The molecule has 1 saturated heterocycles. The van der Waals surface area contributed by atoms with E-state index in [1.807, 2.05) is 31.2 Å². The standard InChI is InChI=1S/C23H19N3O3/c1-2-15-3-5-18(6-4-15)26-20(16-7-11-24-12-8-16)19(22(28)23(26)29)21(27)17-9-13-25-14-10-17/h3-14,20,27H,2H2,1H3/b21-19-. The van der Waals surface area contributed by atoms with Gasteiger partial charge in [-0.3, -0.25) is 24.5 Å². The summed E-state index contributed by atoms with van der Waals surface area (Å²) in [5, 5.41) is 10.9. The van der Waals surface area contributed by atoms with Gasteiger partial charge >= 0.3 is 0 Å². The zero-order chi connectivity index (χ0) is 20.4. The molecule has 0 aliphatic carbocycles. The topological polar surface area (TPSA) is 83.4 Å². The molecule has 1 unspecified atom stereocenters. The third-order valence-corrected chi connectivity index (χ3v) is 5.04. The zero-order valence-electron chi connectivity index (χ0n) is 15.8. The van der Waals surface area contributed by atoms with Crippen LogP contribution in [0.1, 0.15) is 29.7 Å². The lowest BCUT2D eigenvalue weighted by atomic mass is 9.96. The number of aryl methyl sites for hydroxylation is 1. The molecular weight excluding hydrogens is 366 g/mol. The monoisotopic (exact) mass is 385 g/mol. The molecule has 6 nitrogen and oxygen atoms in total. The molecule has 3 aromatic rings. The summed E-state index contributed by atoms with van der Waals surface area (Å²) in [5.41, 5.74) is 2.89. The zero-order valence-corrected chi connectivity index (χ0v) is 15.8. The second kappa shape index (κ2) is 7.67. The van der Waals surface area contributed by atoms with Crippen LogP contribution in [0.4, 0.5) is 5.69 Å². The quantitative estimate of drug-likeness (QED) is 0.421. The first kappa shape index (κ1) is 18.6. The molecule has 6 heteroatoms. The number of aliphatic hydroxyl groups excluding tert-OH is 1. The Morgan fingerprint density at radius 3 is 2.10 bits per heavy atom. The Morgan fingerprint density at radius 2 is 1.52 bits per heavy atom. The number of aromatic nitrogens is 2. The summed E-state index contributed by atoms with van der Waals surface area (Å²) in [6.07, 6.45) is 7.12. The minimum Gasteiger partial charge on any atom is -0.507 e. The minimum atomic E-state index is -0.751. The number of nitrogens with zero attached hydrogens (tertiary/aromatic N) is 3. The van der Waals surface area contributed by atoms with Gasteiger partial charge in [-0.1, -0.05) is 19.1 Å². The molecule has 0 radical (unpaired) electrons. The van der Waals surface area contributed by atoms with Crippen molar-refractivity contribution >= 4 is 23.1 Å². The predicted molar refractivity (Wildman–Crippen MR) is 109 cm³/mol. The summed E-state index contributed by atoms with van der Waals surface area (Å²) < 4.78 is 0. The molecule has 1 N–H and O–H groups in total. The molecule has 1 amide bonds. The highest BCUT2D eigenvalue weighted by molar-refractivity contribution is 6.51. The van der Waals surface area contributed by atoms with Gasteiger partial charge in [-0.25, -0.2) is 0 Å². The van der Waals surface area contributed by atoms with Crippen LogP contribution in [-0.4, -0.2) is 26.8 Å². The number of carbonyl (C=O) groups excluding carboxylic acids is 2. The number of anilines is 1. The normalized spacial score (nSPS) is 18.2. The average Bonchev–Trinajstić information content (AvgIpc) is 3.05. The number of hydrogen-bond acceptors (Lipinski definition) is 5. The minimum absolute atomic E-state index is 0.0481. The Morgan fingerprint density at radius 1 is 0.931 bits per heavy atom. The van der Waals surface area contributed by atoms with Gasteiger partial charge in [-0.2, -0.15) is 0 Å². The Bertz CT molecular complexity index is 1080. The van der Waals surface area contributed by atoms with Crippen molar-refractivity contribution in [1.82, 2.24) is 9.97 Å². The number of amides is 1. The number of benzene rings is 1. The Balaban J connectivity index is 1.91. The van der Waals surface area contributed by atoms with Crippen molar-refractivity contribution < 1.29 is 14.7 Å². The van der Waals surface area contributed by atoms with E-state index < -0.39 is 17.7 Å². The van der Waals surface area contributed by atoms with Crippen LogP contribution in [0.25, 0.3) is 5.76 Å². The van der Waals surface area contributed by atoms with Crippen molar-refractivity contribution in [2.45, 2.75) is 19.4 Å². The van der Waals surface area contributed by atoms with Crippen LogP contribution in [-0.2, 0) is 16.0 Å². The van der Waals surface area contributed by atoms with Crippen molar-refractivity contribution in [1.29, 1.82) is 0 Å². The first-order valence-electron chi connectivity index (χ1n) is 9.32. The Hall–Kier alpha value is -3.80. The summed E-state index contributed by atoms with van der Waals surface area (Å²) >= 11 is 0. The fourth-order valence-electron chi connectivity index (χ4n) is 3.52. The summed E-state index contributed by atoms with van der Waals surface area (Å²) in [6.45, 7) is 2.05. The van der Waals surface area contributed by atoms with Crippen LogP contribution in [0, 0.1) is 0 Å². The van der Waals surface area contributed by atoms with Gasteiger partial charge in [0.2, 0.25) is 0 Å². The second-order valence-electron chi connectivity index (χ2n) is 6.71. The van der Waals surface area contributed by atoms with Crippen LogP contribution in [0.15, 0.2) is 78.9 Å². The molecule has 0 bridgehead atoms. The van der Waals surface area contributed by atoms with Crippen molar-refractivity contribution in [2.75, 3.05) is 4.90 Å². The van der Waals surface area contributed by atoms with Crippen LogP contribution in [0.2, 0.25) is 0 Å². The number of pyridine rings is 2. The maximum Gasteiger partial charge on any atom is 0.300 e. The third kappa shape index (κ3) is 3.29. The van der Waals surface area contributed by atoms with Crippen LogP contribution < -0.4 is 4.90 Å². The lowest BCUT2D eigenvalue weighted by Crippen LogP contribution is -2.29. The predicted octanol–water partition coefficient (Wildman–Crippen LogP) is 3.67. The SMILES string of the molecule is CCc1ccc(N2C(=O)C(=O)/C(=C(\O)c3ccncc3)C2c2ccncc2)cc1. The lowest BCUT2D eigenvalue weighted by molar-refractivity contribution is -0.132. The van der Waals surface area contributed by atoms with E-state index >= 15 is 0 Å². The molecule has 4 rings (SSSR count). The van der Waals surface area contributed by atoms with Crippen LogP contribution in [0.5, 0.6) is 0 Å². The average molecular weight is 385 g/mol. The molecule has 1 aromatic carbocycles. The molecule has 29 heavy (non-hydrogen) atoms. The van der Waals surface area contributed by atoms with E-state index in [0.717, 1.165) is 12.0 Å². The van der Waals surface area contributed by atoms with E-state index in [9.17, 15) is 14.7 Å². The van der Waals surface area contributed by atoms with E-state index in [1.54, 1.807) is 36.7 Å². The number of rotatable bonds is 4. The van der Waals surface area contributed by atoms with Gasteiger partial charge in [-0.05, 0) is 53.9 Å². The highest BCUT2D eigenvalue weighted by Crippen LogP contribution is 2.41. The summed E-state index contributed by atoms with van der Waals surface area (Å²) in [4.78, 5) is 35.4. The second-order valence-corrected chi connectivity index (χ2v) is 6.71. The third-order valence-electron chi connectivity index (χ3n) is 5.04. The Kier molecular flexibility index (Phi) is 4.91. The molecule has 0 saturated carbocycles. The highest BCUT2D eigenvalue weighted by Gasteiger charge is 2.46. The van der Waals surface area contributed by atoms with Gasteiger partial charge in [-0.15, -0.1) is 0 Å². The molecule has 0 spiro atoms. The molecule has 144 valence electrons. The number of Topliss-reactive ketones (excluding diaryl/α,β-unsaturated/α-hetero) is 1. The van der Waals surface area contributed by atoms with Crippen LogP contribution >= 0.6 is 0 Å². The van der Waals surface area contributed by atoms with Crippen molar-refractivity contribution in [2.24, 2.45) is 0 Å². The molecule has 1 aliphatic rings. The fourth-order valence-corrected chi connectivity index (χ4v) is 3.52. The summed E-state index contributed by atoms with van der Waals surface area (Å²) in [7, 11) is 0. The molecular formula is C23H19N3O3. The highest BCUT2D eigenvalue weighted by atomic mass is 16.3. The maximum atomic E-state index is 13.0. The van der Waals surface area contributed by atoms with Gasteiger partial charge in [0.05, 0.1) is 11.6 Å². The summed E-state index contributed by atoms with van der Waals surface area (Å²) in [6, 6.07) is 13.4. The van der Waals surface area contributed by atoms with E-state index in [0.29, 0.717) is 16.8 Å². The van der Waals surface area contributed by atoms with Crippen molar-refractivity contribution in [3.05, 3.63) is 95.6 Å². The van der Waals surface area contributed by atoms with E-state index in [4.69, 9.17) is 0 Å². The summed E-state index contributed by atoms with van der Waals surface area (Å²) in [5.74, 6) is -1.62. The van der Waals surface area contributed by atoms with Crippen LogP contribution in [0.3, 0.4) is 0 Å². The molecule has 1 fully saturated rings. The maximum absolute atomic E-state index is 13.0. The van der Waals surface area contributed by atoms with Gasteiger partial charge in [0.1, 0.15) is 5.76 Å². The van der Waals surface area contributed by atoms with Crippen molar-refractivity contribution in [3.8, 4) is 0 Å². The molecule has 1 aliphatic heterocycles. The van der Waals surface area contributed by atoms with Gasteiger partial charge in [0, 0.05) is 36.0 Å². The number of aliphatic hydroxyl groups is 1. The Labute approximate surface area is 168 Å². The van der Waals surface area contributed by atoms with E-state index in [1.165, 1.54) is 17.3 Å². The molecule has 3 heterocycles. The lowest BCUT2D eigenvalue weighted by Gasteiger charge is -2.25. The number of hydrogen-bond donors (Lipinski definition) is 1. The molecule has 2 aromatic heterocycles. The van der Waals surface area contributed by atoms with Gasteiger partial charge in [0.15, 0.2) is 0 Å². The molecule has 1 atom stereocenters. The van der Waals surface area contributed by atoms with Gasteiger partial charge in [0.25, 0.3) is 11.7 Å². The first-order chi connectivity index (χ1) is 14.1. The van der Waals surface area contributed by atoms with E-state index in [-0.39, 0.29) is 11.3 Å².